The molecule has 0 aliphatic rings. The first kappa shape index (κ1) is 26.0. The van der Waals surface area contributed by atoms with Gasteiger partial charge in [-0.2, -0.15) is 0 Å². The molecule has 0 aliphatic carbocycles. The average molecular weight is 355 g/mol. The summed E-state index contributed by atoms with van der Waals surface area (Å²) in [5.41, 5.74) is 0. The van der Waals surface area contributed by atoms with E-state index in [0.29, 0.717) is 13.0 Å². The number of esters is 1. The molecule has 0 unspecified atom stereocenters. The fourth-order valence-electron chi connectivity index (χ4n) is 2.87. The molecule has 0 spiro atoms. The maximum absolute atomic E-state index is 11.2. The van der Waals surface area contributed by atoms with Gasteiger partial charge in [-0.1, -0.05) is 96.8 Å². The van der Waals surface area contributed by atoms with Crippen LogP contribution in [0.25, 0.3) is 0 Å². The Labute approximate surface area is 175 Å². The summed E-state index contributed by atoms with van der Waals surface area (Å²) in [6.45, 7) is 4.66. The minimum absolute atomic E-state index is 0. The Morgan fingerprint density at radius 1 is 0.609 bits per heavy atom. The van der Waals surface area contributed by atoms with E-state index in [2.05, 4.69) is 6.92 Å². The molecule has 23 heavy (non-hydrogen) atoms. The van der Waals surface area contributed by atoms with Crippen molar-refractivity contribution in [3.8, 4) is 0 Å². The first-order chi connectivity index (χ1) is 10.8. The standard InChI is InChI=1S/C20H40O2.Ca.2H/c1-3-5-6-7-8-9-10-11-12-13-14-15-16-17-18-19-20(21)22-4-2;;;/h3-19H2,1-2H3;;;. The predicted molar refractivity (Wildman–Crippen MR) is 105 cm³/mol. The molecular formula is C20H42CaO2. The SMILES string of the molecule is CCCCCCCCCCCCCCCCCC(=O)OCC.[CaH2]. The van der Waals surface area contributed by atoms with Gasteiger partial charge in [0, 0.05) is 6.42 Å². The van der Waals surface area contributed by atoms with Crippen molar-refractivity contribution >= 4 is 43.7 Å². The molecule has 0 bridgehead atoms. The molecule has 136 valence electrons. The molecule has 0 saturated heterocycles. The Morgan fingerprint density at radius 2 is 0.957 bits per heavy atom. The van der Waals surface area contributed by atoms with Gasteiger partial charge in [-0.25, -0.2) is 0 Å². The normalized spacial score (nSPS) is 10.3. The first-order valence-corrected chi connectivity index (χ1v) is 9.96. The number of carbonyl (C=O) groups is 1. The van der Waals surface area contributed by atoms with Crippen LogP contribution in [0.5, 0.6) is 0 Å². The molecular weight excluding hydrogens is 312 g/mol. The summed E-state index contributed by atoms with van der Waals surface area (Å²) in [5, 5.41) is 0. The van der Waals surface area contributed by atoms with Crippen LogP contribution < -0.4 is 0 Å². The van der Waals surface area contributed by atoms with Crippen molar-refractivity contribution in [2.75, 3.05) is 6.61 Å². The van der Waals surface area contributed by atoms with Gasteiger partial charge in [-0.05, 0) is 13.3 Å². The molecule has 0 aromatic heterocycles. The number of carbonyl (C=O) groups excluding carboxylic acids is 1. The Bertz CT molecular complexity index is 232. The van der Waals surface area contributed by atoms with Crippen LogP contribution in [0.15, 0.2) is 0 Å². The second-order valence-corrected chi connectivity index (χ2v) is 6.50. The van der Waals surface area contributed by atoms with E-state index in [1.807, 2.05) is 6.92 Å². The summed E-state index contributed by atoms with van der Waals surface area (Å²) in [6.07, 6.45) is 21.0. The van der Waals surface area contributed by atoms with Crippen LogP contribution in [0.1, 0.15) is 117 Å². The summed E-state index contributed by atoms with van der Waals surface area (Å²) in [5.74, 6) is -0.0304. The number of unbranched alkanes of at least 4 members (excludes halogenated alkanes) is 14. The molecule has 3 heteroatoms. The van der Waals surface area contributed by atoms with E-state index in [1.165, 1.54) is 89.9 Å². The molecule has 2 nitrogen and oxygen atoms in total. The second-order valence-electron chi connectivity index (χ2n) is 6.50. The Morgan fingerprint density at radius 3 is 1.30 bits per heavy atom. The molecule has 0 aromatic rings. The van der Waals surface area contributed by atoms with Crippen LogP contribution >= 0.6 is 0 Å². The van der Waals surface area contributed by atoms with Gasteiger partial charge in [0.1, 0.15) is 0 Å². The monoisotopic (exact) mass is 354 g/mol. The molecule has 0 heterocycles. The number of rotatable bonds is 17. The van der Waals surface area contributed by atoms with Crippen LogP contribution in [-0.2, 0) is 9.53 Å². The van der Waals surface area contributed by atoms with Crippen molar-refractivity contribution in [2.24, 2.45) is 0 Å². The van der Waals surface area contributed by atoms with Gasteiger partial charge in [0.15, 0.2) is 0 Å². The first-order valence-electron chi connectivity index (χ1n) is 9.96. The van der Waals surface area contributed by atoms with Gasteiger partial charge < -0.3 is 4.74 Å². The van der Waals surface area contributed by atoms with Crippen molar-refractivity contribution in [1.82, 2.24) is 0 Å². The van der Waals surface area contributed by atoms with Crippen LogP contribution in [-0.4, -0.2) is 50.3 Å². The second kappa shape index (κ2) is 22.7. The van der Waals surface area contributed by atoms with E-state index in [4.69, 9.17) is 4.74 Å². The van der Waals surface area contributed by atoms with Crippen molar-refractivity contribution in [1.29, 1.82) is 0 Å². The third kappa shape index (κ3) is 22.7. The van der Waals surface area contributed by atoms with E-state index in [-0.39, 0.29) is 43.7 Å². The molecule has 0 N–H and O–H groups in total. The molecule has 0 saturated carbocycles. The third-order valence-corrected chi connectivity index (χ3v) is 4.29. The zero-order valence-electron chi connectivity index (χ0n) is 15.3. The molecule has 0 radical (unpaired) electrons. The maximum atomic E-state index is 11.2. The van der Waals surface area contributed by atoms with Crippen molar-refractivity contribution in [3.05, 3.63) is 0 Å². The fraction of sp³-hybridized carbons (Fsp3) is 0.950. The number of hydrogen-bond acceptors (Lipinski definition) is 2. The molecule has 0 fully saturated rings. The van der Waals surface area contributed by atoms with E-state index < -0.39 is 0 Å². The summed E-state index contributed by atoms with van der Waals surface area (Å²) >= 11 is 0. The predicted octanol–water partition coefficient (Wildman–Crippen LogP) is 5.89. The van der Waals surface area contributed by atoms with Gasteiger partial charge in [0.25, 0.3) is 0 Å². The van der Waals surface area contributed by atoms with Gasteiger partial charge in [-0.3, -0.25) is 4.79 Å². The van der Waals surface area contributed by atoms with E-state index >= 15 is 0 Å². The third-order valence-electron chi connectivity index (χ3n) is 4.29. The van der Waals surface area contributed by atoms with E-state index in [9.17, 15) is 4.79 Å². The summed E-state index contributed by atoms with van der Waals surface area (Å²) in [4.78, 5) is 11.2. The van der Waals surface area contributed by atoms with E-state index in [0.717, 1.165) is 6.42 Å². The van der Waals surface area contributed by atoms with Crippen molar-refractivity contribution in [2.45, 2.75) is 117 Å². The van der Waals surface area contributed by atoms with Crippen LogP contribution in [0.2, 0.25) is 0 Å². The van der Waals surface area contributed by atoms with Crippen molar-refractivity contribution in [3.63, 3.8) is 0 Å². The summed E-state index contributed by atoms with van der Waals surface area (Å²) in [7, 11) is 0. The van der Waals surface area contributed by atoms with Crippen LogP contribution in [0.3, 0.4) is 0 Å². The topological polar surface area (TPSA) is 26.3 Å². The number of ether oxygens (including phenoxy) is 1. The number of hydrogen-bond donors (Lipinski definition) is 0. The average Bonchev–Trinajstić information content (AvgIpc) is 2.51. The summed E-state index contributed by atoms with van der Waals surface area (Å²) in [6, 6.07) is 0. The summed E-state index contributed by atoms with van der Waals surface area (Å²) < 4.78 is 4.92. The van der Waals surface area contributed by atoms with Gasteiger partial charge in [-0.15, -0.1) is 0 Å². The molecule has 0 amide bonds. The quantitative estimate of drug-likeness (QED) is 0.185. The Hall–Kier alpha value is 0.730. The van der Waals surface area contributed by atoms with Crippen LogP contribution in [0, 0.1) is 0 Å². The van der Waals surface area contributed by atoms with Gasteiger partial charge >= 0.3 is 43.7 Å². The molecule has 0 aromatic carbocycles. The molecule has 0 atom stereocenters. The molecule has 0 rings (SSSR count). The van der Waals surface area contributed by atoms with Gasteiger partial charge in [0.05, 0.1) is 6.61 Å². The minimum atomic E-state index is -0.0304. The van der Waals surface area contributed by atoms with E-state index in [1.54, 1.807) is 0 Å². The van der Waals surface area contributed by atoms with Gasteiger partial charge in [0.2, 0.25) is 0 Å². The van der Waals surface area contributed by atoms with Crippen molar-refractivity contribution < 1.29 is 9.53 Å². The Balaban J connectivity index is 0. The zero-order valence-corrected chi connectivity index (χ0v) is 15.3. The molecule has 0 aliphatic heterocycles. The zero-order chi connectivity index (χ0) is 16.3. The fourth-order valence-corrected chi connectivity index (χ4v) is 2.87. The van der Waals surface area contributed by atoms with Crippen LogP contribution in [0.4, 0.5) is 0 Å². The Kier molecular flexibility index (Phi) is 25.7.